The van der Waals surface area contributed by atoms with Gasteiger partial charge in [0.25, 0.3) is 0 Å². The average Bonchev–Trinajstić information content (AvgIpc) is 2.69. The summed E-state index contributed by atoms with van der Waals surface area (Å²) in [4.78, 5) is 1.57. The Morgan fingerprint density at radius 3 is 2.69 bits per heavy atom. The van der Waals surface area contributed by atoms with E-state index in [1.165, 1.54) is 12.1 Å². The van der Waals surface area contributed by atoms with E-state index in [2.05, 4.69) is 0 Å². The van der Waals surface area contributed by atoms with E-state index in [0.717, 1.165) is 0 Å². The van der Waals surface area contributed by atoms with Crippen molar-refractivity contribution >= 4 is 5.69 Å². The molecule has 2 rings (SSSR count). The lowest BCUT2D eigenvalue weighted by Crippen LogP contribution is -2.22. The first-order chi connectivity index (χ1) is 7.63. The van der Waals surface area contributed by atoms with Gasteiger partial charge in [-0.25, -0.2) is 8.78 Å². The SMILES string of the molecule is N#Cc1ccc(N2CCC(O)C2)c(F)c1F. The van der Waals surface area contributed by atoms with Crippen molar-refractivity contribution in [3.05, 3.63) is 29.3 Å². The fourth-order valence-corrected chi connectivity index (χ4v) is 1.83. The van der Waals surface area contributed by atoms with Gasteiger partial charge in [-0.05, 0) is 18.6 Å². The molecule has 1 aromatic rings. The van der Waals surface area contributed by atoms with Crippen LogP contribution < -0.4 is 4.90 Å². The molecule has 1 aromatic carbocycles. The predicted molar refractivity (Wildman–Crippen MR) is 53.9 cm³/mol. The zero-order valence-electron chi connectivity index (χ0n) is 8.45. The molecule has 1 aliphatic rings. The lowest BCUT2D eigenvalue weighted by molar-refractivity contribution is 0.198. The summed E-state index contributed by atoms with van der Waals surface area (Å²) < 4.78 is 26.9. The minimum atomic E-state index is -1.12. The van der Waals surface area contributed by atoms with E-state index in [1.54, 1.807) is 11.0 Å². The highest BCUT2D eigenvalue weighted by molar-refractivity contribution is 5.52. The zero-order valence-corrected chi connectivity index (χ0v) is 8.45. The molecule has 5 heteroatoms. The van der Waals surface area contributed by atoms with Gasteiger partial charge >= 0.3 is 0 Å². The van der Waals surface area contributed by atoms with Crippen molar-refractivity contribution in [2.75, 3.05) is 18.0 Å². The summed E-state index contributed by atoms with van der Waals surface area (Å²) in [6.45, 7) is 0.783. The Labute approximate surface area is 91.5 Å². The first kappa shape index (κ1) is 10.8. The van der Waals surface area contributed by atoms with Crippen LogP contribution in [0.25, 0.3) is 0 Å². The third kappa shape index (κ3) is 1.72. The molecule has 0 saturated carbocycles. The molecule has 0 radical (unpaired) electrons. The summed E-state index contributed by atoms with van der Waals surface area (Å²) >= 11 is 0. The minimum absolute atomic E-state index is 0.105. The second-order valence-electron chi connectivity index (χ2n) is 3.76. The molecule has 16 heavy (non-hydrogen) atoms. The fourth-order valence-electron chi connectivity index (χ4n) is 1.83. The van der Waals surface area contributed by atoms with E-state index in [0.29, 0.717) is 19.5 Å². The van der Waals surface area contributed by atoms with Gasteiger partial charge in [0.05, 0.1) is 17.4 Å². The molecule has 1 saturated heterocycles. The highest BCUT2D eigenvalue weighted by Crippen LogP contribution is 2.26. The Kier molecular flexibility index (Phi) is 2.75. The zero-order chi connectivity index (χ0) is 11.7. The number of nitriles is 1. The third-order valence-electron chi connectivity index (χ3n) is 2.69. The van der Waals surface area contributed by atoms with Gasteiger partial charge in [-0.2, -0.15) is 5.26 Å². The molecule has 1 heterocycles. The molecule has 84 valence electrons. The number of nitrogens with zero attached hydrogens (tertiary/aromatic N) is 2. The highest BCUT2D eigenvalue weighted by Gasteiger charge is 2.24. The molecule has 0 amide bonds. The number of halogens is 2. The van der Waals surface area contributed by atoms with Crippen molar-refractivity contribution in [3.63, 3.8) is 0 Å². The topological polar surface area (TPSA) is 47.3 Å². The molecule has 3 nitrogen and oxygen atoms in total. The number of hydrogen-bond donors (Lipinski definition) is 1. The Bertz CT molecular complexity index is 456. The first-order valence-corrected chi connectivity index (χ1v) is 4.94. The summed E-state index contributed by atoms with van der Waals surface area (Å²) in [5.41, 5.74) is -0.200. The third-order valence-corrected chi connectivity index (χ3v) is 2.69. The van der Waals surface area contributed by atoms with Crippen LogP contribution >= 0.6 is 0 Å². The van der Waals surface area contributed by atoms with E-state index in [1.807, 2.05) is 0 Å². The van der Waals surface area contributed by atoms with Crippen LogP contribution in [-0.2, 0) is 0 Å². The van der Waals surface area contributed by atoms with Gasteiger partial charge < -0.3 is 10.0 Å². The lowest BCUT2D eigenvalue weighted by Gasteiger charge is -2.18. The summed E-state index contributed by atoms with van der Waals surface area (Å²) in [5, 5.41) is 17.8. The lowest BCUT2D eigenvalue weighted by atomic mass is 10.2. The van der Waals surface area contributed by atoms with Crippen molar-refractivity contribution in [2.45, 2.75) is 12.5 Å². The van der Waals surface area contributed by atoms with Crippen LogP contribution in [0.4, 0.5) is 14.5 Å². The van der Waals surface area contributed by atoms with E-state index in [-0.39, 0.29) is 11.3 Å². The highest BCUT2D eigenvalue weighted by atomic mass is 19.2. The average molecular weight is 224 g/mol. The predicted octanol–water partition coefficient (Wildman–Crippen LogP) is 1.41. The van der Waals surface area contributed by atoms with Crippen LogP contribution in [-0.4, -0.2) is 24.3 Å². The molecule has 1 fully saturated rings. The van der Waals surface area contributed by atoms with Crippen LogP contribution in [0.1, 0.15) is 12.0 Å². The molecule has 0 aliphatic carbocycles. The summed E-state index contributed by atoms with van der Waals surface area (Å²) in [7, 11) is 0. The van der Waals surface area contributed by atoms with Gasteiger partial charge in [-0.3, -0.25) is 0 Å². The van der Waals surface area contributed by atoms with Gasteiger partial charge in [0, 0.05) is 13.1 Å². The molecule has 1 N–H and O–H groups in total. The molecule has 1 aliphatic heterocycles. The van der Waals surface area contributed by atoms with Gasteiger partial charge in [0.2, 0.25) is 0 Å². The number of rotatable bonds is 1. The van der Waals surface area contributed by atoms with Crippen molar-refractivity contribution in [1.82, 2.24) is 0 Å². The number of aliphatic hydroxyl groups is 1. The normalized spacial score (nSPS) is 19.9. The molecule has 1 atom stereocenters. The van der Waals surface area contributed by atoms with E-state index in [4.69, 9.17) is 5.26 Å². The van der Waals surface area contributed by atoms with Crippen molar-refractivity contribution < 1.29 is 13.9 Å². The van der Waals surface area contributed by atoms with Gasteiger partial charge in [0.15, 0.2) is 11.6 Å². The molecule has 1 unspecified atom stereocenters. The van der Waals surface area contributed by atoms with Crippen molar-refractivity contribution in [1.29, 1.82) is 5.26 Å². The Morgan fingerprint density at radius 1 is 1.38 bits per heavy atom. The first-order valence-electron chi connectivity index (χ1n) is 4.94. The molecular formula is C11H10F2N2O. The van der Waals surface area contributed by atoms with E-state index < -0.39 is 17.7 Å². The summed E-state index contributed by atoms with van der Waals surface area (Å²) in [6.07, 6.45) is 0.0410. The van der Waals surface area contributed by atoms with Crippen LogP contribution in [0.3, 0.4) is 0 Å². The fraction of sp³-hybridized carbons (Fsp3) is 0.364. The number of hydrogen-bond acceptors (Lipinski definition) is 3. The number of β-amino-alcohol motifs (C(OH)–C–C–N with tert-alkyl or cyclic N) is 1. The van der Waals surface area contributed by atoms with E-state index >= 15 is 0 Å². The Hall–Kier alpha value is -1.67. The van der Waals surface area contributed by atoms with Crippen molar-refractivity contribution in [2.24, 2.45) is 0 Å². The molecular weight excluding hydrogens is 214 g/mol. The van der Waals surface area contributed by atoms with Crippen LogP contribution in [0.5, 0.6) is 0 Å². The number of benzene rings is 1. The van der Waals surface area contributed by atoms with Crippen molar-refractivity contribution in [3.8, 4) is 6.07 Å². The molecule has 0 aromatic heterocycles. The van der Waals surface area contributed by atoms with E-state index in [9.17, 15) is 13.9 Å². The summed E-state index contributed by atoms with van der Waals surface area (Å²) in [5.74, 6) is -2.14. The maximum absolute atomic E-state index is 13.6. The molecule has 0 spiro atoms. The second-order valence-corrected chi connectivity index (χ2v) is 3.76. The van der Waals surface area contributed by atoms with Gasteiger partial charge in [-0.1, -0.05) is 0 Å². The van der Waals surface area contributed by atoms with Crippen LogP contribution in [0, 0.1) is 23.0 Å². The van der Waals surface area contributed by atoms with Gasteiger partial charge in [-0.15, -0.1) is 0 Å². The number of aliphatic hydroxyl groups excluding tert-OH is 1. The standard InChI is InChI=1S/C11H10F2N2O/c12-10-7(5-14)1-2-9(11(10)13)15-4-3-8(16)6-15/h1-2,8,16H,3-4,6H2. The Balaban J connectivity index is 2.37. The summed E-state index contributed by atoms with van der Waals surface area (Å²) in [6, 6.07) is 4.20. The smallest absolute Gasteiger partial charge is 0.183 e. The molecule has 0 bridgehead atoms. The van der Waals surface area contributed by atoms with Crippen LogP contribution in [0.15, 0.2) is 12.1 Å². The maximum Gasteiger partial charge on any atom is 0.183 e. The quantitative estimate of drug-likeness (QED) is 0.784. The Morgan fingerprint density at radius 2 is 2.12 bits per heavy atom. The largest absolute Gasteiger partial charge is 0.391 e. The maximum atomic E-state index is 13.6. The second kappa shape index (κ2) is 4.06. The van der Waals surface area contributed by atoms with Crippen LogP contribution in [0.2, 0.25) is 0 Å². The minimum Gasteiger partial charge on any atom is -0.391 e. The number of anilines is 1. The van der Waals surface area contributed by atoms with Gasteiger partial charge in [0.1, 0.15) is 6.07 Å². The monoisotopic (exact) mass is 224 g/mol.